The Morgan fingerprint density at radius 1 is 1.38 bits per heavy atom. The maximum Gasteiger partial charge on any atom is 0.137 e. The average molecular weight is 375 g/mol. The quantitative estimate of drug-likeness (QED) is 0.778. The molecule has 1 aromatic rings. The highest BCUT2D eigenvalue weighted by atomic mass is 79.9. The minimum absolute atomic E-state index is 0. The lowest BCUT2D eigenvalue weighted by Gasteiger charge is -2.11. The molecule has 0 atom stereocenters. The van der Waals surface area contributed by atoms with Crippen molar-refractivity contribution in [1.82, 2.24) is 5.32 Å². The predicted molar refractivity (Wildman–Crippen MR) is 74.4 cm³/mol. The third-order valence-electron chi connectivity index (χ3n) is 1.89. The molecule has 16 heavy (non-hydrogen) atoms. The standard InChI is InChI=1S/C10H13Br2NO2.ClH/c1-15-10-7(6-13-2-3-14)4-8(11)5-9(10)12;/h4-5,13-14H,2-3,6H2,1H3;1H. The first kappa shape index (κ1) is 16.2. The minimum Gasteiger partial charge on any atom is -0.495 e. The van der Waals surface area contributed by atoms with Crippen molar-refractivity contribution in [2.45, 2.75) is 6.54 Å². The van der Waals surface area contributed by atoms with Crippen LogP contribution in [-0.4, -0.2) is 25.4 Å². The topological polar surface area (TPSA) is 41.5 Å². The molecule has 0 saturated heterocycles. The summed E-state index contributed by atoms with van der Waals surface area (Å²) in [6, 6.07) is 3.93. The third-order valence-corrected chi connectivity index (χ3v) is 2.94. The molecule has 0 aliphatic carbocycles. The largest absolute Gasteiger partial charge is 0.495 e. The molecule has 2 N–H and O–H groups in total. The van der Waals surface area contributed by atoms with E-state index in [4.69, 9.17) is 9.84 Å². The van der Waals surface area contributed by atoms with Gasteiger partial charge in [-0.05, 0) is 28.1 Å². The SMILES string of the molecule is COc1c(Br)cc(Br)cc1CNCCO.Cl. The van der Waals surface area contributed by atoms with E-state index in [1.807, 2.05) is 12.1 Å². The van der Waals surface area contributed by atoms with E-state index in [-0.39, 0.29) is 19.0 Å². The molecule has 0 aliphatic heterocycles. The molecule has 0 heterocycles. The first-order chi connectivity index (χ1) is 7.19. The molecule has 0 bridgehead atoms. The molecule has 0 radical (unpaired) electrons. The predicted octanol–water partition coefficient (Wildman–Crippen LogP) is 2.72. The number of benzene rings is 1. The van der Waals surface area contributed by atoms with Crippen molar-refractivity contribution in [3.8, 4) is 5.75 Å². The zero-order valence-electron chi connectivity index (χ0n) is 8.80. The maximum absolute atomic E-state index is 8.67. The van der Waals surface area contributed by atoms with E-state index >= 15 is 0 Å². The second kappa shape index (κ2) is 8.31. The van der Waals surface area contributed by atoms with Crippen molar-refractivity contribution >= 4 is 44.3 Å². The zero-order valence-corrected chi connectivity index (χ0v) is 12.8. The molecule has 3 nitrogen and oxygen atoms in total. The average Bonchev–Trinajstić information content (AvgIpc) is 2.17. The van der Waals surface area contributed by atoms with E-state index in [9.17, 15) is 0 Å². The second-order valence-corrected chi connectivity index (χ2v) is 4.75. The van der Waals surface area contributed by atoms with Gasteiger partial charge in [0.05, 0.1) is 18.2 Å². The Bertz CT molecular complexity index is 337. The lowest BCUT2D eigenvalue weighted by Crippen LogP contribution is -2.18. The fourth-order valence-electron chi connectivity index (χ4n) is 1.28. The van der Waals surface area contributed by atoms with Gasteiger partial charge < -0.3 is 15.2 Å². The number of aliphatic hydroxyl groups is 1. The van der Waals surface area contributed by atoms with Gasteiger partial charge in [-0.25, -0.2) is 0 Å². The van der Waals surface area contributed by atoms with E-state index in [0.29, 0.717) is 13.1 Å². The van der Waals surface area contributed by atoms with E-state index in [1.165, 1.54) is 0 Å². The Labute approximate surface area is 118 Å². The number of hydrogen-bond acceptors (Lipinski definition) is 3. The van der Waals surface area contributed by atoms with Crippen molar-refractivity contribution in [2.75, 3.05) is 20.3 Å². The normalized spacial score (nSPS) is 9.75. The Morgan fingerprint density at radius 3 is 2.62 bits per heavy atom. The van der Waals surface area contributed by atoms with Crippen LogP contribution in [-0.2, 0) is 6.54 Å². The van der Waals surface area contributed by atoms with Gasteiger partial charge in [0, 0.05) is 23.1 Å². The van der Waals surface area contributed by atoms with Gasteiger partial charge in [0.25, 0.3) is 0 Å². The van der Waals surface area contributed by atoms with E-state index < -0.39 is 0 Å². The first-order valence-corrected chi connectivity index (χ1v) is 6.11. The molecule has 0 aliphatic rings. The van der Waals surface area contributed by atoms with Gasteiger partial charge in [-0.3, -0.25) is 0 Å². The Hall–Kier alpha value is 0.190. The monoisotopic (exact) mass is 373 g/mol. The van der Waals surface area contributed by atoms with Crippen LogP contribution in [0.25, 0.3) is 0 Å². The fraction of sp³-hybridized carbons (Fsp3) is 0.400. The summed E-state index contributed by atoms with van der Waals surface area (Å²) in [5.41, 5.74) is 1.05. The minimum atomic E-state index is 0. The van der Waals surface area contributed by atoms with Gasteiger partial charge in [0.1, 0.15) is 5.75 Å². The van der Waals surface area contributed by atoms with Gasteiger partial charge in [-0.2, -0.15) is 0 Å². The molecule has 0 amide bonds. The number of ether oxygens (including phenoxy) is 1. The van der Waals surface area contributed by atoms with Crippen molar-refractivity contribution < 1.29 is 9.84 Å². The smallest absolute Gasteiger partial charge is 0.137 e. The lowest BCUT2D eigenvalue weighted by atomic mass is 10.2. The fourth-order valence-corrected chi connectivity index (χ4v) is 2.75. The molecule has 0 unspecified atom stereocenters. The molecule has 0 fully saturated rings. The Balaban J connectivity index is 0.00000225. The summed E-state index contributed by atoms with van der Waals surface area (Å²) in [6.45, 7) is 1.38. The van der Waals surface area contributed by atoms with Crippen molar-refractivity contribution in [2.24, 2.45) is 0 Å². The van der Waals surface area contributed by atoms with E-state index in [2.05, 4.69) is 37.2 Å². The molecule has 92 valence electrons. The summed E-state index contributed by atoms with van der Waals surface area (Å²) < 4.78 is 7.20. The molecule has 1 aromatic carbocycles. The number of halogens is 3. The van der Waals surface area contributed by atoms with Gasteiger partial charge in [0.15, 0.2) is 0 Å². The Kier molecular flexibility index (Phi) is 8.40. The number of hydrogen-bond donors (Lipinski definition) is 2. The summed E-state index contributed by atoms with van der Waals surface area (Å²) in [5, 5.41) is 11.8. The van der Waals surface area contributed by atoms with Gasteiger partial charge >= 0.3 is 0 Å². The van der Waals surface area contributed by atoms with Crippen LogP contribution in [0.3, 0.4) is 0 Å². The lowest BCUT2D eigenvalue weighted by molar-refractivity contribution is 0.291. The van der Waals surface area contributed by atoms with Crippen LogP contribution >= 0.6 is 44.3 Å². The van der Waals surface area contributed by atoms with Crippen LogP contribution in [0.5, 0.6) is 5.75 Å². The summed E-state index contributed by atoms with van der Waals surface area (Å²) in [7, 11) is 1.64. The number of aliphatic hydroxyl groups excluding tert-OH is 1. The highest BCUT2D eigenvalue weighted by molar-refractivity contribution is 9.11. The van der Waals surface area contributed by atoms with Crippen LogP contribution in [0, 0.1) is 0 Å². The van der Waals surface area contributed by atoms with Gasteiger partial charge in [-0.1, -0.05) is 15.9 Å². The van der Waals surface area contributed by atoms with Crippen LogP contribution in [0.2, 0.25) is 0 Å². The number of methoxy groups -OCH3 is 1. The molecule has 0 spiro atoms. The second-order valence-electron chi connectivity index (χ2n) is 2.98. The zero-order chi connectivity index (χ0) is 11.3. The molecular formula is C10H14Br2ClNO2. The van der Waals surface area contributed by atoms with Crippen LogP contribution in [0.1, 0.15) is 5.56 Å². The van der Waals surface area contributed by atoms with Crippen LogP contribution in [0.4, 0.5) is 0 Å². The summed E-state index contributed by atoms with van der Waals surface area (Å²) in [4.78, 5) is 0. The van der Waals surface area contributed by atoms with Crippen molar-refractivity contribution in [1.29, 1.82) is 0 Å². The van der Waals surface area contributed by atoms with Crippen LogP contribution < -0.4 is 10.1 Å². The van der Waals surface area contributed by atoms with E-state index in [0.717, 1.165) is 20.3 Å². The van der Waals surface area contributed by atoms with Crippen LogP contribution in [0.15, 0.2) is 21.1 Å². The summed E-state index contributed by atoms with van der Waals surface area (Å²) >= 11 is 6.86. The molecule has 0 aromatic heterocycles. The highest BCUT2D eigenvalue weighted by Crippen LogP contribution is 2.32. The van der Waals surface area contributed by atoms with Gasteiger partial charge in [-0.15, -0.1) is 12.4 Å². The maximum atomic E-state index is 8.67. The van der Waals surface area contributed by atoms with Gasteiger partial charge in [0.2, 0.25) is 0 Å². The van der Waals surface area contributed by atoms with E-state index in [1.54, 1.807) is 7.11 Å². The third kappa shape index (κ3) is 4.59. The number of nitrogens with one attached hydrogen (secondary N) is 1. The summed E-state index contributed by atoms with van der Waals surface area (Å²) in [6.07, 6.45) is 0. The molecule has 0 saturated carbocycles. The highest BCUT2D eigenvalue weighted by Gasteiger charge is 2.08. The van der Waals surface area contributed by atoms with Crippen molar-refractivity contribution in [3.63, 3.8) is 0 Å². The molecule has 1 rings (SSSR count). The number of rotatable bonds is 5. The molecular weight excluding hydrogens is 361 g/mol. The molecule has 6 heteroatoms. The van der Waals surface area contributed by atoms with Crippen molar-refractivity contribution in [3.05, 3.63) is 26.6 Å². The first-order valence-electron chi connectivity index (χ1n) is 4.52. The summed E-state index contributed by atoms with van der Waals surface area (Å²) in [5.74, 6) is 0.823. The Morgan fingerprint density at radius 2 is 2.06 bits per heavy atom.